The van der Waals surface area contributed by atoms with Gasteiger partial charge in [-0.15, -0.1) is 0 Å². The fourth-order valence-corrected chi connectivity index (χ4v) is 2.54. The molecule has 1 atom stereocenters. The van der Waals surface area contributed by atoms with Crippen LogP contribution in [0, 0.1) is 11.6 Å². The summed E-state index contributed by atoms with van der Waals surface area (Å²) < 4.78 is 32.1. The second-order valence-electron chi connectivity index (χ2n) is 6.60. The van der Waals surface area contributed by atoms with E-state index in [1.54, 1.807) is 4.90 Å². The Morgan fingerprint density at radius 3 is 2.27 bits per heavy atom. The van der Waals surface area contributed by atoms with Crippen molar-refractivity contribution in [1.29, 1.82) is 0 Å². The molecule has 1 fully saturated rings. The minimum Gasteiger partial charge on any atom is -0.444 e. The summed E-state index contributed by atoms with van der Waals surface area (Å²) in [5.74, 6) is -1.20. The van der Waals surface area contributed by atoms with Crippen LogP contribution in [0.15, 0.2) is 18.2 Å². The summed E-state index contributed by atoms with van der Waals surface area (Å²) >= 11 is 0. The van der Waals surface area contributed by atoms with E-state index in [9.17, 15) is 13.6 Å². The quantitative estimate of drug-likeness (QED) is 0.796. The van der Waals surface area contributed by atoms with Gasteiger partial charge >= 0.3 is 6.09 Å². The highest BCUT2D eigenvalue weighted by molar-refractivity contribution is 5.68. The number of hydrogen-bond donors (Lipinski definition) is 0. The second-order valence-corrected chi connectivity index (χ2v) is 6.60. The third-order valence-electron chi connectivity index (χ3n) is 3.46. The summed E-state index contributed by atoms with van der Waals surface area (Å²) in [5, 5.41) is 0. The highest BCUT2D eigenvalue weighted by Gasteiger charge is 2.30. The lowest BCUT2D eigenvalue weighted by molar-refractivity contribution is 0.0218. The van der Waals surface area contributed by atoms with Crippen LogP contribution in [-0.2, 0) is 4.74 Å². The Bertz CT molecular complexity index is 537. The zero-order chi connectivity index (χ0) is 16.5. The lowest BCUT2D eigenvalue weighted by Crippen LogP contribution is -2.54. The van der Waals surface area contributed by atoms with Crippen LogP contribution < -0.4 is 4.90 Å². The van der Waals surface area contributed by atoms with Crippen molar-refractivity contribution in [2.45, 2.75) is 39.3 Å². The number of hydrogen-bond acceptors (Lipinski definition) is 3. The molecule has 0 bridgehead atoms. The molecule has 1 aromatic carbocycles. The molecular formula is C16H22F2N2O2. The van der Waals surface area contributed by atoms with Gasteiger partial charge in [0, 0.05) is 37.4 Å². The average molecular weight is 312 g/mol. The normalized spacial score (nSPS) is 19.3. The van der Waals surface area contributed by atoms with Gasteiger partial charge in [0.1, 0.15) is 17.2 Å². The van der Waals surface area contributed by atoms with Gasteiger partial charge < -0.3 is 14.5 Å². The molecule has 0 radical (unpaired) electrons. The molecule has 122 valence electrons. The standard InChI is InChI=1S/C16H22F2N2O2/c1-11-10-19(15(21)22-16(2,3)4)5-6-20(11)14-8-12(17)7-13(18)9-14/h7-9,11H,5-6,10H2,1-4H3. The molecule has 0 spiro atoms. The first-order chi connectivity index (χ1) is 10.2. The van der Waals surface area contributed by atoms with Gasteiger partial charge in [-0.25, -0.2) is 13.6 Å². The predicted octanol–water partition coefficient (Wildman–Crippen LogP) is 3.41. The molecule has 1 aliphatic heterocycles. The average Bonchev–Trinajstić information content (AvgIpc) is 2.35. The number of carbonyl (C=O) groups is 1. The Morgan fingerprint density at radius 1 is 1.18 bits per heavy atom. The molecule has 4 nitrogen and oxygen atoms in total. The number of piperazine rings is 1. The third kappa shape index (κ3) is 4.08. The molecule has 22 heavy (non-hydrogen) atoms. The van der Waals surface area contributed by atoms with E-state index >= 15 is 0 Å². The molecular weight excluding hydrogens is 290 g/mol. The van der Waals surface area contributed by atoms with Crippen LogP contribution in [0.25, 0.3) is 0 Å². The Morgan fingerprint density at radius 2 is 1.77 bits per heavy atom. The topological polar surface area (TPSA) is 32.8 Å². The maximum absolute atomic E-state index is 13.3. The number of nitrogens with zero attached hydrogens (tertiary/aromatic N) is 2. The van der Waals surface area contributed by atoms with Gasteiger partial charge in [-0.1, -0.05) is 0 Å². The zero-order valence-corrected chi connectivity index (χ0v) is 13.4. The maximum Gasteiger partial charge on any atom is 0.410 e. The number of anilines is 1. The first kappa shape index (κ1) is 16.5. The molecule has 1 unspecified atom stereocenters. The Hall–Kier alpha value is -1.85. The van der Waals surface area contributed by atoms with E-state index in [2.05, 4.69) is 0 Å². The Labute approximate surface area is 129 Å². The molecule has 1 aromatic rings. The van der Waals surface area contributed by atoms with Gasteiger partial charge in [0.15, 0.2) is 0 Å². The number of benzene rings is 1. The number of halogens is 2. The van der Waals surface area contributed by atoms with Crippen LogP contribution in [0.5, 0.6) is 0 Å². The van der Waals surface area contributed by atoms with E-state index in [4.69, 9.17) is 4.74 Å². The Balaban J connectivity index is 2.05. The Kier molecular flexibility index (Phi) is 4.58. The van der Waals surface area contributed by atoms with Gasteiger partial charge in [-0.3, -0.25) is 0 Å². The highest BCUT2D eigenvalue weighted by Crippen LogP contribution is 2.23. The van der Waals surface area contributed by atoms with E-state index in [1.807, 2.05) is 32.6 Å². The molecule has 0 N–H and O–H groups in total. The zero-order valence-electron chi connectivity index (χ0n) is 13.4. The minimum absolute atomic E-state index is 0.0533. The number of carbonyl (C=O) groups excluding carboxylic acids is 1. The van der Waals surface area contributed by atoms with Crippen LogP contribution in [0.2, 0.25) is 0 Å². The summed E-state index contributed by atoms with van der Waals surface area (Å²) in [7, 11) is 0. The molecule has 1 heterocycles. The highest BCUT2D eigenvalue weighted by atomic mass is 19.1. The van der Waals surface area contributed by atoms with Crippen LogP contribution in [0.1, 0.15) is 27.7 Å². The van der Waals surface area contributed by atoms with Crippen molar-refractivity contribution >= 4 is 11.8 Å². The molecule has 1 saturated heterocycles. The molecule has 6 heteroatoms. The fourth-order valence-electron chi connectivity index (χ4n) is 2.54. The monoisotopic (exact) mass is 312 g/mol. The van der Waals surface area contributed by atoms with Crippen molar-refractivity contribution in [3.05, 3.63) is 29.8 Å². The molecule has 1 aliphatic rings. The van der Waals surface area contributed by atoms with E-state index in [1.165, 1.54) is 12.1 Å². The smallest absolute Gasteiger partial charge is 0.410 e. The van der Waals surface area contributed by atoms with Crippen LogP contribution in [-0.4, -0.2) is 42.3 Å². The van der Waals surface area contributed by atoms with Crippen LogP contribution in [0.3, 0.4) is 0 Å². The lowest BCUT2D eigenvalue weighted by Gasteiger charge is -2.41. The molecule has 2 rings (SSSR count). The second kappa shape index (κ2) is 6.10. The van der Waals surface area contributed by atoms with Crippen LogP contribution >= 0.6 is 0 Å². The fraction of sp³-hybridized carbons (Fsp3) is 0.562. The molecule has 0 aliphatic carbocycles. The largest absolute Gasteiger partial charge is 0.444 e. The summed E-state index contributed by atoms with van der Waals surface area (Å²) in [6.45, 7) is 8.79. The molecule has 1 amide bonds. The van der Waals surface area contributed by atoms with Crippen molar-refractivity contribution in [3.8, 4) is 0 Å². The van der Waals surface area contributed by atoms with Gasteiger partial charge in [-0.05, 0) is 39.8 Å². The van der Waals surface area contributed by atoms with Crippen molar-refractivity contribution in [3.63, 3.8) is 0 Å². The van der Waals surface area contributed by atoms with Gasteiger partial charge in [-0.2, -0.15) is 0 Å². The van der Waals surface area contributed by atoms with Crippen molar-refractivity contribution in [2.24, 2.45) is 0 Å². The SMILES string of the molecule is CC1CN(C(=O)OC(C)(C)C)CCN1c1cc(F)cc(F)c1. The number of ether oxygens (including phenoxy) is 1. The van der Waals surface area contributed by atoms with Crippen molar-refractivity contribution < 1.29 is 18.3 Å². The van der Waals surface area contributed by atoms with E-state index < -0.39 is 17.2 Å². The first-order valence-electron chi connectivity index (χ1n) is 7.36. The number of amides is 1. The van der Waals surface area contributed by atoms with Gasteiger partial charge in [0.25, 0.3) is 0 Å². The summed E-state index contributed by atoms with van der Waals surface area (Å²) in [5.41, 5.74) is -0.0443. The predicted molar refractivity (Wildman–Crippen MR) is 81.0 cm³/mol. The number of rotatable bonds is 1. The van der Waals surface area contributed by atoms with Crippen molar-refractivity contribution in [2.75, 3.05) is 24.5 Å². The minimum atomic E-state index is -0.600. The summed E-state index contributed by atoms with van der Waals surface area (Å²) in [6, 6.07) is 3.42. The van der Waals surface area contributed by atoms with E-state index in [-0.39, 0.29) is 12.1 Å². The van der Waals surface area contributed by atoms with Gasteiger partial charge in [0.05, 0.1) is 0 Å². The van der Waals surface area contributed by atoms with E-state index in [0.29, 0.717) is 25.3 Å². The summed E-state index contributed by atoms with van der Waals surface area (Å²) in [4.78, 5) is 15.6. The lowest BCUT2D eigenvalue weighted by atomic mass is 10.1. The third-order valence-corrected chi connectivity index (χ3v) is 3.46. The van der Waals surface area contributed by atoms with Crippen LogP contribution in [0.4, 0.5) is 19.3 Å². The molecule has 0 saturated carbocycles. The van der Waals surface area contributed by atoms with E-state index in [0.717, 1.165) is 6.07 Å². The van der Waals surface area contributed by atoms with Gasteiger partial charge in [0.2, 0.25) is 0 Å². The maximum atomic E-state index is 13.3. The van der Waals surface area contributed by atoms with Crippen molar-refractivity contribution in [1.82, 2.24) is 4.90 Å². The molecule has 0 aromatic heterocycles. The summed E-state index contributed by atoms with van der Waals surface area (Å²) in [6.07, 6.45) is -0.357. The first-order valence-corrected chi connectivity index (χ1v) is 7.36.